The molecule has 0 amide bonds. The van der Waals surface area contributed by atoms with Crippen molar-refractivity contribution in [3.63, 3.8) is 0 Å². The van der Waals surface area contributed by atoms with E-state index in [4.69, 9.17) is 0 Å². The van der Waals surface area contributed by atoms with Crippen molar-refractivity contribution in [2.75, 3.05) is 0 Å². The van der Waals surface area contributed by atoms with E-state index in [1.165, 1.54) is 4.40 Å². The van der Waals surface area contributed by atoms with Crippen LogP contribution in [-0.2, 0) is 6.42 Å². The number of H-pyrrole nitrogens is 1. The first-order chi connectivity index (χ1) is 13.3. The van der Waals surface area contributed by atoms with Crippen molar-refractivity contribution in [1.82, 2.24) is 14.4 Å². The molecule has 1 aromatic carbocycles. The van der Waals surface area contributed by atoms with Crippen LogP contribution in [0.25, 0.3) is 27.3 Å². The van der Waals surface area contributed by atoms with Crippen molar-refractivity contribution >= 4 is 45.2 Å². The number of rotatable bonds is 5. The molecule has 0 spiro atoms. The maximum Gasteiger partial charge on any atom is 0.352 e. The average Bonchev–Trinajstić information content (AvgIpc) is 3.22. The van der Waals surface area contributed by atoms with Crippen molar-refractivity contribution in [2.24, 2.45) is 0 Å². The van der Waals surface area contributed by atoms with Gasteiger partial charge in [0.2, 0.25) is 5.43 Å². The number of aromatic nitrogens is 3. The summed E-state index contributed by atoms with van der Waals surface area (Å²) in [6, 6.07) is 2.13. The number of pyridine rings is 1. The number of hydrogen-bond acceptors (Lipinski definition) is 5. The number of aryl methyl sites for hydroxylation is 1. The molecule has 0 unspecified atom stereocenters. The van der Waals surface area contributed by atoms with Gasteiger partial charge in [-0.1, -0.05) is 6.92 Å². The van der Waals surface area contributed by atoms with Gasteiger partial charge in [0.05, 0.1) is 22.0 Å². The maximum absolute atomic E-state index is 12.9. The minimum Gasteiger partial charge on any atom is -0.478 e. The number of aromatic carboxylic acids is 3. The number of aromatic amines is 1. The van der Waals surface area contributed by atoms with Crippen molar-refractivity contribution in [3.05, 3.63) is 45.1 Å². The number of carboxylic acid groups (broad SMARTS) is 3. The van der Waals surface area contributed by atoms with E-state index in [0.717, 1.165) is 12.1 Å². The number of benzene rings is 1. The lowest BCUT2D eigenvalue weighted by Crippen LogP contribution is -2.13. The van der Waals surface area contributed by atoms with Gasteiger partial charge in [-0.15, -0.1) is 0 Å². The van der Waals surface area contributed by atoms with E-state index in [9.17, 15) is 34.5 Å². The summed E-state index contributed by atoms with van der Waals surface area (Å²) in [6.07, 6.45) is 0.991. The molecule has 10 heteroatoms. The Morgan fingerprint density at radius 2 is 1.82 bits per heavy atom. The second-order valence-corrected chi connectivity index (χ2v) is 6.35. The van der Waals surface area contributed by atoms with Gasteiger partial charge in [0.15, 0.2) is 0 Å². The van der Waals surface area contributed by atoms with Crippen molar-refractivity contribution in [1.29, 1.82) is 0 Å². The van der Waals surface area contributed by atoms with Gasteiger partial charge in [0.25, 0.3) is 0 Å². The average molecular weight is 383 g/mol. The molecule has 0 atom stereocenters. The number of carbonyl (C=O) groups is 3. The van der Waals surface area contributed by atoms with E-state index in [2.05, 4.69) is 9.97 Å². The Balaban J connectivity index is 2.37. The molecule has 0 bridgehead atoms. The van der Waals surface area contributed by atoms with Gasteiger partial charge < -0.3 is 20.3 Å². The molecule has 28 heavy (non-hydrogen) atoms. The van der Waals surface area contributed by atoms with Gasteiger partial charge in [-0.05, 0) is 18.6 Å². The van der Waals surface area contributed by atoms with Crippen LogP contribution in [0.5, 0.6) is 0 Å². The monoisotopic (exact) mass is 383 g/mol. The lowest BCUT2D eigenvalue weighted by molar-refractivity contribution is 0.0677. The topological polar surface area (TPSA) is 162 Å². The van der Waals surface area contributed by atoms with Gasteiger partial charge >= 0.3 is 17.9 Å². The Kier molecular flexibility index (Phi) is 3.60. The molecule has 0 aliphatic heterocycles. The quantitative estimate of drug-likeness (QED) is 0.405. The zero-order chi connectivity index (χ0) is 20.3. The lowest BCUT2D eigenvalue weighted by Gasteiger charge is -2.10. The summed E-state index contributed by atoms with van der Waals surface area (Å²) >= 11 is 0. The highest BCUT2D eigenvalue weighted by Crippen LogP contribution is 2.32. The summed E-state index contributed by atoms with van der Waals surface area (Å²) in [4.78, 5) is 54.8. The van der Waals surface area contributed by atoms with Crippen molar-refractivity contribution in [3.8, 4) is 0 Å². The van der Waals surface area contributed by atoms with Crippen LogP contribution in [0.4, 0.5) is 0 Å². The molecule has 4 aromatic rings. The zero-order valence-electron chi connectivity index (χ0n) is 14.4. The van der Waals surface area contributed by atoms with Crippen LogP contribution in [0.15, 0.2) is 16.9 Å². The van der Waals surface area contributed by atoms with E-state index < -0.39 is 23.3 Å². The molecular formula is C18H13N3O7. The molecule has 10 nitrogen and oxygen atoms in total. The number of nitrogens with zero attached hydrogens (tertiary/aromatic N) is 2. The second-order valence-electron chi connectivity index (χ2n) is 6.35. The van der Waals surface area contributed by atoms with Crippen LogP contribution < -0.4 is 5.43 Å². The van der Waals surface area contributed by atoms with Crippen molar-refractivity contribution < 1.29 is 29.7 Å². The van der Waals surface area contributed by atoms with Crippen LogP contribution in [0.2, 0.25) is 0 Å². The molecule has 3 aromatic heterocycles. The minimum absolute atomic E-state index is 0.0153. The molecule has 4 N–H and O–H groups in total. The fourth-order valence-corrected chi connectivity index (χ4v) is 3.56. The Hall–Kier alpha value is -3.95. The molecule has 0 saturated carbocycles. The molecule has 3 heterocycles. The summed E-state index contributed by atoms with van der Waals surface area (Å²) in [5.41, 5.74) is -1.58. The molecular weight excluding hydrogens is 370 g/mol. The number of nitrogens with one attached hydrogen (secondary N) is 1. The van der Waals surface area contributed by atoms with Crippen molar-refractivity contribution in [2.45, 2.75) is 19.8 Å². The first kappa shape index (κ1) is 17.5. The van der Waals surface area contributed by atoms with E-state index in [1.807, 2.05) is 6.92 Å². The fourth-order valence-electron chi connectivity index (χ4n) is 3.56. The van der Waals surface area contributed by atoms with E-state index >= 15 is 0 Å². The van der Waals surface area contributed by atoms with E-state index in [1.54, 1.807) is 0 Å². The van der Waals surface area contributed by atoms with Crippen LogP contribution in [0.3, 0.4) is 0 Å². The summed E-state index contributed by atoms with van der Waals surface area (Å²) in [7, 11) is 0. The highest BCUT2D eigenvalue weighted by Gasteiger charge is 2.28. The smallest absolute Gasteiger partial charge is 0.352 e. The number of fused-ring (bicyclic) bond motifs is 2. The Bertz CT molecular complexity index is 1380. The third kappa shape index (κ3) is 2.17. The van der Waals surface area contributed by atoms with E-state index in [-0.39, 0.29) is 44.3 Å². The summed E-state index contributed by atoms with van der Waals surface area (Å²) < 4.78 is 1.27. The number of imidazole rings is 1. The van der Waals surface area contributed by atoms with Gasteiger partial charge in [-0.3, -0.25) is 9.20 Å². The molecule has 4 rings (SSSR count). The van der Waals surface area contributed by atoms with E-state index in [0.29, 0.717) is 18.7 Å². The Morgan fingerprint density at radius 1 is 1.11 bits per heavy atom. The molecule has 0 radical (unpaired) electrons. The standard InChI is InChI=1S/C18H13N3O7/c1-2-3-10-20-13-14-11(6(16(23)24)5-9(18(27)28)21(10)14)12-7(15(13)22)4-8(19-12)17(25)26/h4-5,19H,2-3H2,1H3,(H,23,24)(H,25,26)(H,27,28). The predicted octanol–water partition coefficient (Wildman–Crippen LogP) is 1.81. The zero-order valence-corrected chi connectivity index (χ0v) is 14.4. The summed E-state index contributed by atoms with van der Waals surface area (Å²) in [6.45, 7) is 1.86. The van der Waals surface area contributed by atoms with Gasteiger partial charge in [0.1, 0.15) is 22.7 Å². The molecule has 0 aliphatic carbocycles. The Labute approximate surface area is 155 Å². The number of carboxylic acids is 3. The highest BCUT2D eigenvalue weighted by atomic mass is 16.4. The largest absolute Gasteiger partial charge is 0.478 e. The normalized spacial score (nSPS) is 11.6. The maximum atomic E-state index is 12.9. The van der Waals surface area contributed by atoms with Gasteiger partial charge in [-0.25, -0.2) is 19.4 Å². The van der Waals surface area contributed by atoms with Crippen LogP contribution in [0, 0.1) is 0 Å². The first-order valence-electron chi connectivity index (χ1n) is 8.32. The van der Waals surface area contributed by atoms with Crippen LogP contribution in [0.1, 0.15) is 50.5 Å². The number of hydrogen-bond donors (Lipinski definition) is 4. The van der Waals surface area contributed by atoms with Crippen LogP contribution in [-0.4, -0.2) is 47.6 Å². The second kappa shape index (κ2) is 5.78. The third-order valence-electron chi connectivity index (χ3n) is 4.66. The summed E-state index contributed by atoms with van der Waals surface area (Å²) in [5.74, 6) is -3.77. The molecule has 0 aliphatic rings. The van der Waals surface area contributed by atoms with Gasteiger partial charge in [0, 0.05) is 11.8 Å². The third-order valence-corrected chi connectivity index (χ3v) is 4.66. The molecule has 142 valence electrons. The fraction of sp³-hybridized carbons (Fsp3) is 0.167. The van der Waals surface area contributed by atoms with Gasteiger partial charge in [-0.2, -0.15) is 0 Å². The molecule has 0 fully saturated rings. The predicted molar refractivity (Wildman–Crippen MR) is 96.9 cm³/mol. The van der Waals surface area contributed by atoms with Crippen LogP contribution >= 0.6 is 0 Å². The lowest BCUT2D eigenvalue weighted by atomic mass is 10.0. The summed E-state index contributed by atoms with van der Waals surface area (Å²) in [5, 5.41) is 28.5. The Morgan fingerprint density at radius 3 is 2.39 bits per heavy atom. The molecule has 0 saturated heterocycles. The SMILES string of the molecule is CCCc1nc2c(=O)c3cc(C(=O)O)[nH]c3c3c(C(=O)O)cc(C(=O)O)n1c23. The minimum atomic E-state index is -1.41. The first-order valence-corrected chi connectivity index (χ1v) is 8.32. The highest BCUT2D eigenvalue weighted by molar-refractivity contribution is 6.20.